The standard InChI is InChI=1S/C12H11N3O3S.C12H13N3OS/c1-7-12(19-11(14-7)6-10(13)16)8-2-4-9(5-3-8)15(17)18;1-7-12(8-2-4-9(13)5-3-8)17-11(15-7)6-10(14)16/h2-5H,6H2,1H3,(H2,13,16);2-5H,6,13H2,1H3,(H2,14,16). The molecular formula is C24H24N6O4S2. The first-order valence-corrected chi connectivity index (χ1v) is 12.3. The van der Waals surface area contributed by atoms with Crippen molar-refractivity contribution < 1.29 is 14.5 Å². The number of thiazole rings is 2. The summed E-state index contributed by atoms with van der Waals surface area (Å²) in [6.45, 7) is 3.75. The topological polar surface area (TPSA) is 181 Å². The Morgan fingerprint density at radius 1 is 0.806 bits per heavy atom. The molecule has 0 spiro atoms. The Kier molecular flexibility index (Phi) is 8.46. The molecule has 10 nitrogen and oxygen atoms in total. The molecule has 6 N–H and O–H groups in total. The molecule has 0 atom stereocenters. The van der Waals surface area contributed by atoms with Crippen LogP contribution in [0.1, 0.15) is 21.4 Å². The Hall–Kier alpha value is -4.16. The Morgan fingerprint density at radius 2 is 1.19 bits per heavy atom. The minimum absolute atomic E-state index is 0.0447. The average molecular weight is 525 g/mol. The molecule has 0 fully saturated rings. The fourth-order valence-electron chi connectivity index (χ4n) is 3.26. The lowest BCUT2D eigenvalue weighted by molar-refractivity contribution is -0.384. The molecule has 4 aromatic rings. The van der Waals surface area contributed by atoms with Crippen LogP contribution in [-0.2, 0) is 22.4 Å². The van der Waals surface area contributed by atoms with Gasteiger partial charge in [0.2, 0.25) is 11.8 Å². The Morgan fingerprint density at radius 3 is 1.56 bits per heavy atom. The zero-order valence-electron chi connectivity index (χ0n) is 19.6. The highest BCUT2D eigenvalue weighted by Gasteiger charge is 2.13. The number of nitrogens with zero attached hydrogens (tertiary/aromatic N) is 3. The molecule has 12 heteroatoms. The van der Waals surface area contributed by atoms with Crippen molar-refractivity contribution in [3.8, 4) is 20.9 Å². The number of nitrogen functional groups attached to an aromatic ring is 1. The molecule has 0 unspecified atom stereocenters. The molecule has 2 amide bonds. The number of carbonyl (C=O) groups excluding carboxylic acids is 2. The van der Waals surface area contributed by atoms with Gasteiger partial charge in [0.25, 0.3) is 5.69 Å². The number of non-ortho nitro benzene ring substituents is 1. The van der Waals surface area contributed by atoms with Crippen LogP contribution in [0.4, 0.5) is 11.4 Å². The first kappa shape index (κ1) is 26.4. The Labute approximate surface area is 215 Å². The van der Waals surface area contributed by atoms with E-state index in [2.05, 4.69) is 9.97 Å². The monoisotopic (exact) mass is 524 g/mol. The Balaban J connectivity index is 0.000000202. The van der Waals surface area contributed by atoms with Crippen LogP contribution < -0.4 is 17.2 Å². The molecule has 0 bridgehead atoms. The van der Waals surface area contributed by atoms with Gasteiger partial charge in [-0.1, -0.05) is 12.1 Å². The first-order chi connectivity index (χ1) is 17.0. The summed E-state index contributed by atoms with van der Waals surface area (Å²) in [4.78, 5) is 42.4. The van der Waals surface area contributed by atoms with Gasteiger partial charge in [0.1, 0.15) is 10.0 Å². The van der Waals surface area contributed by atoms with Gasteiger partial charge in [-0.2, -0.15) is 0 Å². The van der Waals surface area contributed by atoms with Crippen LogP contribution in [0.25, 0.3) is 20.9 Å². The van der Waals surface area contributed by atoms with Crippen molar-refractivity contribution >= 4 is 45.9 Å². The quantitative estimate of drug-likeness (QED) is 0.187. The van der Waals surface area contributed by atoms with E-state index in [4.69, 9.17) is 17.2 Å². The third-order valence-electron chi connectivity index (χ3n) is 4.85. The number of primary amides is 2. The van der Waals surface area contributed by atoms with Crippen molar-refractivity contribution in [3.63, 3.8) is 0 Å². The lowest BCUT2D eigenvalue weighted by Gasteiger charge is -1.98. The average Bonchev–Trinajstić information content (AvgIpc) is 3.35. The van der Waals surface area contributed by atoms with Crippen molar-refractivity contribution in [1.29, 1.82) is 0 Å². The van der Waals surface area contributed by atoms with Crippen LogP contribution in [-0.4, -0.2) is 26.7 Å². The summed E-state index contributed by atoms with van der Waals surface area (Å²) in [5.41, 5.74) is 20.3. The van der Waals surface area contributed by atoms with Crippen molar-refractivity contribution in [1.82, 2.24) is 9.97 Å². The minimum atomic E-state index is -0.443. The maximum atomic E-state index is 10.9. The molecule has 0 aliphatic rings. The van der Waals surface area contributed by atoms with Crippen molar-refractivity contribution in [3.05, 3.63) is 80.0 Å². The Bertz CT molecular complexity index is 1400. The predicted octanol–water partition coefficient (Wildman–Crippen LogP) is 3.78. The molecule has 0 saturated carbocycles. The normalized spacial score (nSPS) is 10.4. The summed E-state index contributed by atoms with van der Waals surface area (Å²) in [6.07, 6.45) is 0.305. The van der Waals surface area contributed by atoms with E-state index in [0.29, 0.717) is 5.01 Å². The van der Waals surface area contributed by atoms with Gasteiger partial charge in [-0.05, 0) is 49.2 Å². The van der Waals surface area contributed by atoms with E-state index in [1.807, 2.05) is 38.1 Å². The predicted molar refractivity (Wildman–Crippen MR) is 141 cm³/mol. The van der Waals surface area contributed by atoms with Crippen LogP contribution in [0.3, 0.4) is 0 Å². The number of aryl methyl sites for hydroxylation is 2. The van der Waals surface area contributed by atoms with Crippen LogP contribution in [0.15, 0.2) is 48.5 Å². The van der Waals surface area contributed by atoms with Crippen LogP contribution >= 0.6 is 22.7 Å². The van der Waals surface area contributed by atoms with Crippen molar-refractivity contribution in [2.45, 2.75) is 26.7 Å². The number of rotatable bonds is 7. The van der Waals surface area contributed by atoms with Crippen LogP contribution in [0, 0.1) is 24.0 Å². The van der Waals surface area contributed by atoms with Crippen LogP contribution in [0.2, 0.25) is 0 Å². The second-order valence-corrected chi connectivity index (χ2v) is 9.92. The molecule has 2 aromatic carbocycles. The fraction of sp³-hybridized carbons (Fsp3) is 0.167. The molecule has 186 valence electrons. The number of benzene rings is 2. The molecule has 0 saturated heterocycles. The summed E-state index contributed by atoms with van der Waals surface area (Å²) in [5.74, 6) is -0.786. The molecular weight excluding hydrogens is 500 g/mol. The van der Waals surface area contributed by atoms with Gasteiger partial charge in [-0.3, -0.25) is 19.7 Å². The number of amides is 2. The first-order valence-electron chi connectivity index (χ1n) is 10.6. The van der Waals surface area contributed by atoms with Gasteiger partial charge in [0.15, 0.2) is 0 Å². The largest absolute Gasteiger partial charge is 0.399 e. The maximum Gasteiger partial charge on any atom is 0.269 e. The third-order valence-corrected chi connectivity index (χ3v) is 7.26. The van der Waals surface area contributed by atoms with Gasteiger partial charge in [-0.25, -0.2) is 9.97 Å². The van der Waals surface area contributed by atoms with E-state index in [0.717, 1.165) is 43.0 Å². The van der Waals surface area contributed by atoms with E-state index in [1.54, 1.807) is 12.1 Å². The molecule has 4 rings (SSSR count). The van der Waals surface area contributed by atoms with Gasteiger partial charge in [0.05, 0.1) is 38.9 Å². The molecule has 0 aliphatic carbocycles. The van der Waals surface area contributed by atoms with Crippen molar-refractivity contribution in [2.75, 3.05) is 5.73 Å². The second kappa shape index (κ2) is 11.5. The zero-order chi connectivity index (χ0) is 26.4. The van der Waals surface area contributed by atoms with E-state index >= 15 is 0 Å². The van der Waals surface area contributed by atoms with Gasteiger partial charge >= 0.3 is 0 Å². The van der Waals surface area contributed by atoms with E-state index in [-0.39, 0.29) is 24.4 Å². The number of nitro benzene ring substituents is 1. The zero-order valence-corrected chi connectivity index (χ0v) is 21.2. The van der Waals surface area contributed by atoms with Gasteiger partial charge < -0.3 is 17.2 Å². The lowest BCUT2D eigenvalue weighted by atomic mass is 10.1. The molecule has 0 aliphatic heterocycles. The highest BCUT2D eigenvalue weighted by molar-refractivity contribution is 7.15. The smallest absolute Gasteiger partial charge is 0.269 e. The number of anilines is 1. The third kappa shape index (κ3) is 6.93. The summed E-state index contributed by atoms with van der Waals surface area (Å²) in [5, 5.41) is 12.0. The second-order valence-electron chi connectivity index (χ2n) is 7.76. The number of hydrogen-bond donors (Lipinski definition) is 3. The minimum Gasteiger partial charge on any atom is -0.399 e. The highest BCUT2D eigenvalue weighted by atomic mass is 32.1. The number of aromatic nitrogens is 2. The summed E-state index contributed by atoms with van der Waals surface area (Å²) in [6, 6.07) is 13.8. The van der Waals surface area contributed by atoms with Gasteiger partial charge in [-0.15, -0.1) is 22.7 Å². The molecule has 2 heterocycles. The van der Waals surface area contributed by atoms with E-state index in [1.165, 1.54) is 34.8 Å². The summed E-state index contributed by atoms with van der Waals surface area (Å²) >= 11 is 2.87. The highest BCUT2D eigenvalue weighted by Crippen LogP contribution is 2.32. The van der Waals surface area contributed by atoms with Crippen LogP contribution in [0.5, 0.6) is 0 Å². The number of hydrogen-bond acceptors (Lipinski definition) is 9. The fourth-order valence-corrected chi connectivity index (χ4v) is 5.42. The van der Waals surface area contributed by atoms with Gasteiger partial charge in [0, 0.05) is 17.8 Å². The summed E-state index contributed by atoms with van der Waals surface area (Å²) < 4.78 is 0. The summed E-state index contributed by atoms with van der Waals surface area (Å²) in [7, 11) is 0. The van der Waals surface area contributed by atoms with Crippen molar-refractivity contribution in [2.24, 2.45) is 11.5 Å². The molecule has 2 aromatic heterocycles. The lowest BCUT2D eigenvalue weighted by Crippen LogP contribution is -2.13. The maximum absolute atomic E-state index is 10.9. The number of nitrogens with two attached hydrogens (primary N) is 3. The van der Waals surface area contributed by atoms with E-state index in [9.17, 15) is 19.7 Å². The van der Waals surface area contributed by atoms with E-state index < -0.39 is 10.8 Å². The SMILES string of the molecule is Cc1nc(CC(N)=O)sc1-c1ccc(N)cc1.Cc1nc(CC(N)=O)sc1-c1ccc([N+](=O)[O-])cc1. The molecule has 0 radical (unpaired) electrons. The number of carbonyl (C=O) groups is 2. The number of nitro groups is 1. The molecule has 36 heavy (non-hydrogen) atoms.